The van der Waals surface area contributed by atoms with Gasteiger partial charge in [-0.15, -0.1) is 0 Å². The quantitative estimate of drug-likeness (QED) is 0.419. The summed E-state index contributed by atoms with van der Waals surface area (Å²) in [5.74, 6) is 0.126. The number of hydrogen-bond acceptors (Lipinski definition) is 4. The molecular weight excluding hydrogens is 469 g/mol. The lowest BCUT2D eigenvalue weighted by Gasteiger charge is -2.32. The van der Waals surface area contributed by atoms with Crippen molar-refractivity contribution in [2.75, 3.05) is 30.8 Å². The van der Waals surface area contributed by atoms with E-state index in [1.807, 2.05) is 18.2 Å². The molecule has 8 heteroatoms. The topological polar surface area (TPSA) is 97.3 Å². The van der Waals surface area contributed by atoms with Crippen LogP contribution >= 0.6 is 0 Å². The Morgan fingerprint density at radius 3 is 2.49 bits per heavy atom. The fourth-order valence-corrected chi connectivity index (χ4v) is 4.63. The van der Waals surface area contributed by atoms with Crippen LogP contribution in [-0.2, 0) is 13.0 Å². The third kappa shape index (κ3) is 7.15. The number of amides is 3. The van der Waals surface area contributed by atoms with E-state index >= 15 is 0 Å². The normalized spacial score (nSPS) is 14.0. The molecule has 0 unspecified atom stereocenters. The van der Waals surface area contributed by atoms with Gasteiger partial charge in [0.25, 0.3) is 5.91 Å². The van der Waals surface area contributed by atoms with Gasteiger partial charge >= 0.3 is 6.03 Å². The molecule has 1 aliphatic heterocycles. The Hall–Kier alpha value is -4.22. The summed E-state index contributed by atoms with van der Waals surface area (Å²) in [6.07, 6.45) is 2.97. The highest BCUT2D eigenvalue weighted by Crippen LogP contribution is 2.26. The molecule has 3 aromatic rings. The van der Waals surface area contributed by atoms with E-state index in [0.29, 0.717) is 35.0 Å². The van der Waals surface area contributed by atoms with Crippen molar-refractivity contribution < 1.29 is 14.0 Å². The second-order valence-corrected chi connectivity index (χ2v) is 9.27. The van der Waals surface area contributed by atoms with Crippen molar-refractivity contribution in [3.05, 3.63) is 94.8 Å². The first-order valence-electron chi connectivity index (χ1n) is 12.3. The van der Waals surface area contributed by atoms with Gasteiger partial charge in [-0.3, -0.25) is 9.69 Å². The molecule has 0 aliphatic carbocycles. The average molecular weight is 500 g/mol. The minimum absolute atomic E-state index is 0.191. The van der Waals surface area contributed by atoms with E-state index in [1.54, 1.807) is 43.4 Å². The van der Waals surface area contributed by atoms with Crippen LogP contribution in [0.25, 0.3) is 0 Å². The molecule has 1 heterocycles. The van der Waals surface area contributed by atoms with Gasteiger partial charge in [0, 0.05) is 30.5 Å². The van der Waals surface area contributed by atoms with E-state index in [4.69, 9.17) is 5.26 Å². The number of urea groups is 1. The summed E-state index contributed by atoms with van der Waals surface area (Å²) in [4.78, 5) is 27.3. The highest BCUT2D eigenvalue weighted by Gasteiger charge is 2.21. The summed E-state index contributed by atoms with van der Waals surface area (Å²) in [7, 11) is 1.59. The molecule has 37 heavy (non-hydrogen) atoms. The maximum Gasteiger partial charge on any atom is 0.323 e. The van der Waals surface area contributed by atoms with Crippen molar-refractivity contribution in [3.63, 3.8) is 0 Å². The van der Waals surface area contributed by atoms with Crippen molar-refractivity contribution >= 4 is 23.3 Å². The molecule has 1 saturated heterocycles. The summed E-state index contributed by atoms with van der Waals surface area (Å²) >= 11 is 0. The minimum atomic E-state index is -0.429. The molecule has 0 saturated carbocycles. The number of nitriles is 1. The highest BCUT2D eigenvalue weighted by atomic mass is 19.1. The summed E-state index contributed by atoms with van der Waals surface area (Å²) in [6, 6.07) is 20.3. The van der Waals surface area contributed by atoms with Gasteiger partial charge in [-0.1, -0.05) is 18.2 Å². The summed E-state index contributed by atoms with van der Waals surface area (Å²) in [6.45, 7) is 2.37. The van der Waals surface area contributed by atoms with Crippen molar-refractivity contribution in [1.82, 2.24) is 10.2 Å². The Balaban J connectivity index is 1.42. The number of carbonyl (C=O) groups excluding carboxylic acids is 2. The van der Waals surface area contributed by atoms with Crippen molar-refractivity contribution in [2.24, 2.45) is 5.92 Å². The molecule has 0 bridgehead atoms. The number of likely N-dealkylation sites (tertiary alicyclic amines) is 1. The molecule has 1 fully saturated rings. The first-order valence-corrected chi connectivity index (χ1v) is 12.3. The summed E-state index contributed by atoms with van der Waals surface area (Å²) in [5.41, 5.74) is 4.11. The SMILES string of the molecule is CNC(=O)c1ccc(NC(=O)Nc2cccc(C#N)c2)c(CN2CCC(Cc3ccc(F)cc3)CC2)c1. The minimum Gasteiger partial charge on any atom is -0.355 e. The van der Waals surface area contributed by atoms with Gasteiger partial charge in [-0.05, 0) is 97.9 Å². The van der Waals surface area contributed by atoms with Crippen LogP contribution in [0.4, 0.5) is 20.6 Å². The van der Waals surface area contributed by atoms with Gasteiger partial charge in [0.15, 0.2) is 0 Å². The summed E-state index contributed by atoms with van der Waals surface area (Å²) in [5, 5.41) is 17.4. The maximum atomic E-state index is 13.2. The number of hydrogen-bond donors (Lipinski definition) is 3. The first kappa shape index (κ1) is 25.9. The Labute approximate surface area is 216 Å². The van der Waals surface area contributed by atoms with Crippen molar-refractivity contribution in [1.29, 1.82) is 5.26 Å². The molecule has 4 rings (SSSR count). The van der Waals surface area contributed by atoms with E-state index in [1.165, 1.54) is 12.1 Å². The van der Waals surface area contributed by atoms with Gasteiger partial charge in [0.2, 0.25) is 0 Å². The van der Waals surface area contributed by atoms with Crippen LogP contribution in [0, 0.1) is 23.1 Å². The number of carbonyl (C=O) groups is 2. The second-order valence-electron chi connectivity index (χ2n) is 9.27. The van der Waals surface area contributed by atoms with E-state index in [-0.39, 0.29) is 11.7 Å². The second kappa shape index (κ2) is 12.2. The Morgan fingerprint density at radius 1 is 1.03 bits per heavy atom. The Bertz CT molecular complexity index is 1290. The lowest BCUT2D eigenvalue weighted by molar-refractivity contribution is 0.0963. The van der Waals surface area contributed by atoms with Gasteiger partial charge in [-0.25, -0.2) is 9.18 Å². The van der Waals surface area contributed by atoms with Crippen LogP contribution in [0.15, 0.2) is 66.7 Å². The molecule has 7 nitrogen and oxygen atoms in total. The molecule has 0 atom stereocenters. The third-order valence-corrected chi connectivity index (χ3v) is 6.63. The maximum absolute atomic E-state index is 13.2. The fourth-order valence-electron chi connectivity index (χ4n) is 4.63. The standard InChI is InChI=1S/C29H30FN5O2/c1-32-28(36)23-7-10-27(34-29(37)33-26-4-2-3-22(16-26)18-31)24(17-23)19-35-13-11-21(12-14-35)15-20-5-8-25(30)9-6-20/h2-10,16-17,21H,11-15,19H2,1H3,(H,32,36)(H2,33,34,37). The van der Waals surface area contributed by atoms with E-state index in [0.717, 1.165) is 43.5 Å². The molecule has 0 radical (unpaired) electrons. The Morgan fingerprint density at radius 2 is 1.78 bits per heavy atom. The number of nitrogens with one attached hydrogen (secondary N) is 3. The van der Waals surface area contributed by atoms with Crippen molar-refractivity contribution in [3.8, 4) is 6.07 Å². The first-order chi connectivity index (χ1) is 17.9. The molecule has 1 aliphatic rings. The zero-order valence-electron chi connectivity index (χ0n) is 20.8. The van der Waals surface area contributed by atoms with E-state index < -0.39 is 6.03 Å². The zero-order chi connectivity index (χ0) is 26.2. The van der Waals surface area contributed by atoms with Gasteiger partial charge in [-0.2, -0.15) is 5.26 Å². The highest BCUT2D eigenvalue weighted by molar-refractivity contribution is 6.01. The number of nitrogens with zero attached hydrogens (tertiary/aromatic N) is 2. The van der Waals surface area contributed by atoms with Crippen LogP contribution in [-0.4, -0.2) is 37.0 Å². The molecule has 3 amide bonds. The molecule has 3 aromatic carbocycles. The van der Waals surface area contributed by atoms with Crippen LogP contribution < -0.4 is 16.0 Å². The molecular formula is C29H30FN5O2. The zero-order valence-corrected chi connectivity index (χ0v) is 20.8. The van der Waals surface area contributed by atoms with Crippen molar-refractivity contribution in [2.45, 2.75) is 25.8 Å². The molecule has 0 spiro atoms. The van der Waals surface area contributed by atoms with E-state index in [9.17, 15) is 14.0 Å². The number of rotatable bonds is 7. The van der Waals surface area contributed by atoms with Gasteiger partial charge in [0.05, 0.1) is 11.6 Å². The summed E-state index contributed by atoms with van der Waals surface area (Å²) < 4.78 is 13.2. The average Bonchev–Trinajstić information content (AvgIpc) is 2.91. The third-order valence-electron chi connectivity index (χ3n) is 6.63. The number of halogens is 1. The van der Waals surface area contributed by atoms with Gasteiger partial charge in [0.1, 0.15) is 5.82 Å². The van der Waals surface area contributed by atoms with Crippen LogP contribution in [0.1, 0.15) is 39.9 Å². The largest absolute Gasteiger partial charge is 0.355 e. The predicted molar refractivity (Wildman–Crippen MR) is 142 cm³/mol. The number of anilines is 2. The smallest absolute Gasteiger partial charge is 0.323 e. The van der Waals surface area contributed by atoms with E-state index in [2.05, 4.69) is 26.9 Å². The number of benzene rings is 3. The van der Waals surface area contributed by atoms with Crippen LogP contribution in [0.5, 0.6) is 0 Å². The fraction of sp³-hybridized carbons (Fsp3) is 0.276. The number of piperidine rings is 1. The monoisotopic (exact) mass is 499 g/mol. The lowest BCUT2D eigenvalue weighted by atomic mass is 9.90. The Kier molecular flexibility index (Phi) is 8.49. The van der Waals surface area contributed by atoms with Crippen LogP contribution in [0.3, 0.4) is 0 Å². The predicted octanol–water partition coefficient (Wildman–Crippen LogP) is 5.16. The molecule has 0 aromatic heterocycles. The lowest BCUT2D eigenvalue weighted by Crippen LogP contribution is -2.34. The van der Waals surface area contributed by atoms with Crippen LogP contribution in [0.2, 0.25) is 0 Å². The molecule has 3 N–H and O–H groups in total. The molecule has 190 valence electrons. The van der Waals surface area contributed by atoms with Gasteiger partial charge < -0.3 is 16.0 Å².